The van der Waals surface area contributed by atoms with Crippen LogP contribution in [0.25, 0.3) is 5.69 Å². The van der Waals surface area contributed by atoms with Crippen LogP contribution in [0.2, 0.25) is 0 Å². The summed E-state index contributed by atoms with van der Waals surface area (Å²) >= 11 is 0. The summed E-state index contributed by atoms with van der Waals surface area (Å²) < 4.78 is 1.73. The Kier molecular flexibility index (Phi) is 7.33. The molecule has 0 fully saturated rings. The van der Waals surface area contributed by atoms with Crippen LogP contribution in [0.5, 0.6) is 0 Å². The van der Waals surface area contributed by atoms with Gasteiger partial charge in [-0.15, -0.1) is 0 Å². The Morgan fingerprint density at radius 1 is 0.735 bits per heavy atom. The number of carbonyl (C=O) groups is 2. The molecule has 0 spiro atoms. The Labute approximate surface area is 200 Å². The number of ketones is 1. The molecule has 0 bridgehead atoms. The van der Waals surface area contributed by atoms with Crippen LogP contribution >= 0.6 is 0 Å². The molecular weight excluding hydrogens is 422 g/mol. The molecule has 4 aromatic rings. The van der Waals surface area contributed by atoms with E-state index in [-0.39, 0.29) is 0 Å². The predicted octanol–water partition coefficient (Wildman–Crippen LogP) is 4.99. The lowest BCUT2D eigenvalue weighted by Crippen LogP contribution is -2.39. The molecule has 4 rings (SSSR count). The maximum atomic E-state index is 13.5. The molecule has 0 aliphatic rings. The maximum Gasteiger partial charge on any atom is 0.295 e. The van der Waals surface area contributed by atoms with Crippen molar-refractivity contribution in [2.24, 2.45) is 0 Å². The van der Waals surface area contributed by atoms with Gasteiger partial charge < -0.3 is 4.90 Å². The Morgan fingerprint density at radius 3 is 1.71 bits per heavy atom. The maximum absolute atomic E-state index is 13.5. The largest absolute Gasteiger partial charge is 0.335 e. The van der Waals surface area contributed by atoms with Gasteiger partial charge in [0.1, 0.15) is 0 Å². The number of nitrogens with zero attached hydrogens (tertiary/aromatic N) is 3. The van der Waals surface area contributed by atoms with E-state index in [0.717, 1.165) is 16.8 Å². The highest BCUT2D eigenvalue weighted by atomic mass is 16.2. The van der Waals surface area contributed by atoms with E-state index in [1.807, 2.05) is 97.9 Å². The first-order valence-corrected chi connectivity index (χ1v) is 11.6. The average Bonchev–Trinajstić information content (AvgIpc) is 3.18. The van der Waals surface area contributed by atoms with Crippen molar-refractivity contribution in [1.82, 2.24) is 14.7 Å². The smallest absolute Gasteiger partial charge is 0.295 e. The second kappa shape index (κ2) is 10.8. The van der Waals surface area contributed by atoms with Gasteiger partial charge in [-0.3, -0.25) is 9.59 Å². The highest BCUT2D eigenvalue weighted by Gasteiger charge is 2.28. The topological polar surface area (TPSA) is 55.2 Å². The van der Waals surface area contributed by atoms with Crippen molar-refractivity contribution in [3.8, 4) is 5.69 Å². The van der Waals surface area contributed by atoms with Gasteiger partial charge in [-0.1, -0.05) is 78.9 Å². The van der Waals surface area contributed by atoms with Crippen LogP contribution in [0, 0.1) is 13.8 Å². The first-order chi connectivity index (χ1) is 16.5. The van der Waals surface area contributed by atoms with Crippen molar-refractivity contribution in [2.45, 2.75) is 26.7 Å². The van der Waals surface area contributed by atoms with E-state index in [1.165, 1.54) is 0 Å². The molecule has 1 amide bonds. The van der Waals surface area contributed by atoms with Crippen LogP contribution in [-0.2, 0) is 17.6 Å². The molecule has 0 aliphatic carbocycles. The van der Waals surface area contributed by atoms with Gasteiger partial charge in [0, 0.05) is 13.1 Å². The van der Waals surface area contributed by atoms with E-state index >= 15 is 0 Å². The molecule has 0 radical (unpaired) electrons. The second-order valence-electron chi connectivity index (χ2n) is 8.39. The highest BCUT2D eigenvalue weighted by molar-refractivity contribution is 6.43. The molecule has 1 aromatic heterocycles. The summed E-state index contributed by atoms with van der Waals surface area (Å²) in [6.07, 6.45) is 1.38. The first-order valence-electron chi connectivity index (χ1n) is 11.6. The molecule has 0 unspecified atom stereocenters. The Balaban J connectivity index is 1.57. The van der Waals surface area contributed by atoms with Gasteiger partial charge in [0.05, 0.1) is 22.6 Å². The van der Waals surface area contributed by atoms with E-state index in [1.54, 1.807) is 16.5 Å². The van der Waals surface area contributed by atoms with Crippen LogP contribution in [-0.4, -0.2) is 39.5 Å². The average molecular weight is 452 g/mol. The van der Waals surface area contributed by atoms with Gasteiger partial charge in [0.2, 0.25) is 0 Å². The molecule has 1 heterocycles. The van der Waals surface area contributed by atoms with Crippen LogP contribution in [0.1, 0.15) is 32.9 Å². The number of rotatable bonds is 9. The minimum atomic E-state index is -0.502. The summed E-state index contributed by atoms with van der Waals surface area (Å²) in [5.41, 5.74) is 4.75. The number of benzene rings is 3. The number of Topliss-reactive ketones (excluding diaryl/α,β-unsaturated/α-hetero) is 1. The fraction of sp³-hybridized carbons (Fsp3) is 0.207. The summed E-state index contributed by atoms with van der Waals surface area (Å²) in [5, 5.41) is 4.56. The fourth-order valence-corrected chi connectivity index (χ4v) is 4.17. The predicted molar refractivity (Wildman–Crippen MR) is 134 cm³/mol. The van der Waals surface area contributed by atoms with Gasteiger partial charge >= 0.3 is 0 Å². The normalized spacial score (nSPS) is 10.8. The molecule has 0 saturated carbocycles. The van der Waals surface area contributed by atoms with Crippen LogP contribution in [0.3, 0.4) is 0 Å². The lowest BCUT2D eigenvalue weighted by atomic mass is 10.1. The molecule has 0 aliphatic heterocycles. The lowest BCUT2D eigenvalue weighted by molar-refractivity contribution is -0.126. The van der Waals surface area contributed by atoms with Crippen molar-refractivity contribution in [1.29, 1.82) is 0 Å². The Morgan fingerprint density at radius 2 is 1.21 bits per heavy atom. The SMILES string of the molecule is Cc1nn(-c2ccccc2)c(C)c1C(=O)C(=O)N(CCc1ccccc1)CCc1ccccc1. The minimum Gasteiger partial charge on any atom is -0.335 e. The van der Waals surface area contributed by atoms with Crippen LogP contribution < -0.4 is 0 Å². The van der Waals surface area contributed by atoms with E-state index < -0.39 is 11.7 Å². The van der Waals surface area contributed by atoms with Gasteiger partial charge in [0.15, 0.2) is 0 Å². The first kappa shape index (κ1) is 23.2. The Hall–Kier alpha value is -3.99. The summed E-state index contributed by atoms with van der Waals surface area (Å²) in [4.78, 5) is 28.6. The summed E-state index contributed by atoms with van der Waals surface area (Å²) in [7, 11) is 0. The molecule has 34 heavy (non-hydrogen) atoms. The number of aryl methyl sites for hydroxylation is 1. The third-order valence-electron chi connectivity index (χ3n) is 6.03. The lowest BCUT2D eigenvalue weighted by Gasteiger charge is -2.22. The zero-order valence-corrected chi connectivity index (χ0v) is 19.6. The molecule has 3 aromatic carbocycles. The van der Waals surface area contributed by atoms with Gasteiger partial charge in [-0.2, -0.15) is 5.10 Å². The molecule has 0 atom stereocenters. The van der Waals surface area contributed by atoms with Gasteiger partial charge in [-0.25, -0.2) is 4.68 Å². The third kappa shape index (κ3) is 5.31. The Bertz CT molecular complexity index is 1210. The standard InChI is InChI=1S/C29H29N3O2/c1-22-27(23(2)32(30-22)26-16-10-5-11-17-26)28(33)29(34)31(20-18-24-12-6-3-7-13-24)21-19-25-14-8-4-9-15-25/h3-17H,18-21H2,1-2H3. The molecule has 0 saturated heterocycles. The van der Waals surface area contributed by atoms with E-state index in [2.05, 4.69) is 5.10 Å². The molecule has 172 valence electrons. The summed E-state index contributed by atoms with van der Waals surface area (Å²) in [5.74, 6) is -0.982. The van der Waals surface area contributed by atoms with Gasteiger partial charge in [-0.05, 0) is 49.9 Å². The molecular formula is C29H29N3O2. The van der Waals surface area contributed by atoms with Crippen molar-refractivity contribution in [3.63, 3.8) is 0 Å². The molecule has 5 nitrogen and oxygen atoms in total. The van der Waals surface area contributed by atoms with E-state index in [0.29, 0.717) is 42.9 Å². The van der Waals surface area contributed by atoms with Crippen LogP contribution in [0.4, 0.5) is 0 Å². The van der Waals surface area contributed by atoms with E-state index in [4.69, 9.17) is 0 Å². The summed E-state index contributed by atoms with van der Waals surface area (Å²) in [6, 6.07) is 29.7. The number of aromatic nitrogens is 2. The number of hydrogen-bond donors (Lipinski definition) is 0. The highest BCUT2D eigenvalue weighted by Crippen LogP contribution is 2.19. The number of amides is 1. The van der Waals surface area contributed by atoms with Crippen molar-refractivity contribution < 1.29 is 9.59 Å². The zero-order valence-electron chi connectivity index (χ0n) is 19.6. The molecule has 5 heteroatoms. The fourth-order valence-electron chi connectivity index (χ4n) is 4.17. The number of hydrogen-bond acceptors (Lipinski definition) is 3. The quantitative estimate of drug-likeness (QED) is 0.266. The monoisotopic (exact) mass is 451 g/mol. The van der Waals surface area contributed by atoms with E-state index in [9.17, 15) is 9.59 Å². The number of para-hydroxylation sites is 1. The zero-order chi connectivity index (χ0) is 23.9. The van der Waals surface area contributed by atoms with Gasteiger partial charge in [0.25, 0.3) is 11.7 Å². The van der Waals surface area contributed by atoms with Crippen LogP contribution in [0.15, 0.2) is 91.0 Å². The van der Waals surface area contributed by atoms with Crippen molar-refractivity contribution in [3.05, 3.63) is 119 Å². The minimum absolute atomic E-state index is 0.387. The third-order valence-corrected chi connectivity index (χ3v) is 6.03. The number of carbonyl (C=O) groups excluding carboxylic acids is 2. The summed E-state index contributed by atoms with van der Waals surface area (Å²) in [6.45, 7) is 4.58. The molecule has 0 N–H and O–H groups in total. The second-order valence-corrected chi connectivity index (χ2v) is 8.39. The van der Waals surface area contributed by atoms with Crippen molar-refractivity contribution in [2.75, 3.05) is 13.1 Å². The van der Waals surface area contributed by atoms with Crippen molar-refractivity contribution >= 4 is 11.7 Å².